The van der Waals surface area contributed by atoms with E-state index in [1.54, 1.807) is 12.1 Å². The molecule has 0 saturated heterocycles. The largest absolute Gasteiger partial charge is 0.479 e. The number of fused-ring (bicyclic) bond motifs is 1. The van der Waals surface area contributed by atoms with E-state index in [0.717, 1.165) is 11.1 Å². The number of aryl methyl sites for hydroxylation is 1. The van der Waals surface area contributed by atoms with Crippen LogP contribution in [0.15, 0.2) is 30.3 Å². The molecule has 7 heteroatoms. The van der Waals surface area contributed by atoms with Gasteiger partial charge in [-0.05, 0) is 19.1 Å². The van der Waals surface area contributed by atoms with E-state index >= 15 is 0 Å². The summed E-state index contributed by atoms with van der Waals surface area (Å²) >= 11 is 0. The minimum Gasteiger partial charge on any atom is -0.479 e. The molecule has 0 aliphatic carbocycles. The molecule has 2 rings (SSSR count). The third-order valence-electron chi connectivity index (χ3n) is 2.47. The lowest BCUT2D eigenvalue weighted by atomic mass is 10.2. The number of aliphatic carboxylic acids is 1. The number of anilines is 1. The van der Waals surface area contributed by atoms with Crippen molar-refractivity contribution in [3.63, 3.8) is 0 Å². The number of urea groups is 1. The Morgan fingerprint density at radius 2 is 2.10 bits per heavy atom. The second-order valence-electron chi connectivity index (χ2n) is 4.07. The first-order valence-corrected chi connectivity index (χ1v) is 5.83. The fourth-order valence-corrected chi connectivity index (χ4v) is 1.66. The number of nitrogens with one attached hydrogen (secondary N) is 2. The molecule has 0 unspecified atom stereocenters. The van der Waals surface area contributed by atoms with E-state index in [1.165, 1.54) is 0 Å². The average molecular weight is 275 g/mol. The molecule has 0 radical (unpaired) electrons. The Morgan fingerprint density at radius 3 is 2.85 bits per heavy atom. The number of carboxylic acids is 1. The zero-order chi connectivity index (χ0) is 14.5. The standard InChI is InChI=1S/C13H13N3O4/c1-8-5-6-9-3-2-4-10(12(9)14-8)15-13(19)16-20-7-11(17)18/h2-6H,7H2,1H3,(H,17,18)(H2,15,16,19). The lowest BCUT2D eigenvalue weighted by Gasteiger charge is -2.09. The van der Waals surface area contributed by atoms with Crippen molar-refractivity contribution in [1.82, 2.24) is 10.5 Å². The van der Waals surface area contributed by atoms with Crippen molar-refractivity contribution in [2.75, 3.05) is 11.9 Å². The predicted octanol–water partition coefficient (Wildman–Crippen LogP) is 1.68. The maximum atomic E-state index is 11.6. The first kappa shape index (κ1) is 13.8. The molecule has 1 aromatic heterocycles. The second-order valence-corrected chi connectivity index (χ2v) is 4.07. The zero-order valence-corrected chi connectivity index (χ0v) is 10.7. The lowest BCUT2D eigenvalue weighted by Crippen LogP contribution is -2.30. The highest BCUT2D eigenvalue weighted by Crippen LogP contribution is 2.21. The highest BCUT2D eigenvalue weighted by molar-refractivity contribution is 5.99. The van der Waals surface area contributed by atoms with E-state index in [1.807, 2.05) is 30.6 Å². The number of nitrogens with zero attached hydrogens (tertiary/aromatic N) is 1. The molecule has 0 aliphatic rings. The molecule has 0 saturated carbocycles. The zero-order valence-electron chi connectivity index (χ0n) is 10.7. The SMILES string of the molecule is Cc1ccc2cccc(NC(=O)NOCC(=O)O)c2n1. The Balaban J connectivity index is 2.11. The normalized spacial score (nSPS) is 10.2. The quantitative estimate of drug-likeness (QED) is 0.737. The number of hydroxylamine groups is 1. The summed E-state index contributed by atoms with van der Waals surface area (Å²) in [4.78, 5) is 30.6. The van der Waals surface area contributed by atoms with Crippen molar-refractivity contribution < 1.29 is 19.5 Å². The number of carbonyl (C=O) groups is 2. The number of hydrogen-bond acceptors (Lipinski definition) is 4. The molecule has 20 heavy (non-hydrogen) atoms. The molecular weight excluding hydrogens is 262 g/mol. The fourth-order valence-electron chi connectivity index (χ4n) is 1.66. The van der Waals surface area contributed by atoms with Crippen molar-refractivity contribution in [3.05, 3.63) is 36.0 Å². The molecule has 0 aliphatic heterocycles. The molecule has 0 bridgehead atoms. The number of rotatable bonds is 4. The molecule has 7 nitrogen and oxygen atoms in total. The lowest BCUT2D eigenvalue weighted by molar-refractivity contribution is -0.143. The number of benzene rings is 1. The van der Waals surface area contributed by atoms with Gasteiger partial charge in [0.15, 0.2) is 6.61 Å². The summed E-state index contributed by atoms with van der Waals surface area (Å²) in [5, 5.41) is 11.8. The molecule has 3 N–H and O–H groups in total. The average Bonchev–Trinajstić information content (AvgIpc) is 2.39. The molecule has 2 aromatic rings. The molecule has 1 aromatic carbocycles. The van der Waals surface area contributed by atoms with Crippen molar-refractivity contribution >= 4 is 28.6 Å². The van der Waals surface area contributed by atoms with E-state index in [-0.39, 0.29) is 0 Å². The topological polar surface area (TPSA) is 101 Å². The highest BCUT2D eigenvalue weighted by atomic mass is 16.7. The third kappa shape index (κ3) is 3.42. The third-order valence-corrected chi connectivity index (χ3v) is 2.47. The van der Waals surface area contributed by atoms with Crippen LogP contribution in [0.3, 0.4) is 0 Å². The molecule has 1 heterocycles. The van der Waals surface area contributed by atoms with Crippen LogP contribution in [0.25, 0.3) is 10.9 Å². The smallest absolute Gasteiger partial charge is 0.343 e. The van der Waals surface area contributed by atoms with Crippen LogP contribution in [0.5, 0.6) is 0 Å². The van der Waals surface area contributed by atoms with Crippen LogP contribution >= 0.6 is 0 Å². The number of amides is 2. The van der Waals surface area contributed by atoms with Gasteiger partial charge in [0.05, 0.1) is 11.2 Å². The number of carbonyl (C=O) groups excluding carboxylic acids is 1. The summed E-state index contributed by atoms with van der Waals surface area (Å²) in [7, 11) is 0. The van der Waals surface area contributed by atoms with Crippen LogP contribution in [0.2, 0.25) is 0 Å². The molecule has 2 amide bonds. The number of carboxylic acid groups (broad SMARTS) is 1. The van der Waals surface area contributed by atoms with Crippen LogP contribution in [-0.2, 0) is 9.63 Å². The molecule has 0 spiro atoms. The number of aromatic nitrogens is 1. The van der Waals surface area contributed by atoms with E-state index in [9.17, 15) is 9.59 Å². The maximum Gasteiger partial charge on any atom is 0.343 e. The Hall–Kier alpha value is -2.67. The molecular formula is C13H13N3O4. The van der Waals surface area contributed by atoms with Gasteiger partial charge in [-0.25, -0.2) is 15.1 Å². The van der Waals surface area contributed by atoms with Gasteiger partial charge in [-0.1, -0.05) is 18.2 Å². The van der Waals surface area contributed by atoms with Gasteiger partial charge in [0.25, 0.3) is 0 Å². The maximum absolute atomic E-state index is 11.6. The van der Waals surface area contributed by atoms with Gasteiger partial charge in [0.2, 0.25) is 0 Å². The number of hydrogen-bond donors (Lipinski definition) is 3. The summed E-state index contributed by atoms with van der Waals surface area (Å²) < 4.78 is 0. The summed E-state index contributed by atoms with van der Waals surface area (Å²) in [6.07, 6.45) is 0. The minimum absolute atomic E-state index is 0.516. The van der Waals surface area contributed by atoms with Crippen LogP contribution in [-0.4, -0.2) is 28.7 Å². The summed E-state index contributed by atoms with van der Waals surface area (Å²) in [5.41, 5.74) is 3.98. The summed E-state index contributed by atoms with van der Waals surface area (Å²) in [6, 6.07) is 8.48. The van der Waals surface area contributed by atoms with Crippen LogP contribution in [0.4, 0.5) is 10.5 Å². The van der Waals surface area contributed by atoms with E-state index in [2.05, 4.69) is 15.1 Å². The predicted molar refractivity (Wildman–Crippen MR) is 72.2 cm³/mol. The monoisotopic (exact) mass is 275 g/mol. The summed E-state index contributed by atoms with van der Waals surface area (Å²) in [5.74, 6) is -1.17. The summed E-state index contributed by atoms with van der Waals surface area (Å²) in [6.45, 7) is 1.24. The van der Waals surface area contributed by atoms with Gasteiger partial charge in [0.1, 0.15) is 0 Å². The Bertz CT molecular complexity index is 657. The Labute approximate surface area is 114 Å². The molecule has 0 fully saturated rings. The van der Waals surface area contributed by atoms with Gasteiger partial charge >= 0.3 is 12.0 Å². The molecule has 104 valence electrons. The van der Waals surface area contributed by atoms with Crippen molar-refractivity contribution in [3.8, 4) is 0 Å². The van der Waals surface area contributed by atoms with Crippen molar-refractivity contribution in [2.45, 2.75) is 6.92 Å². The van der Waals surface area contributed by atoms with Crippen LogP contribution < -0.4 is 10.8 Å². The van der Waals surface area contributed by atoms with E-state index in [0.29, 0.717) is 11.2 Å². The van der Waals surface area contributed by atoms with Crippen LogP contribution in [0.1, 0.15) is 5.69 Å². The van der Waals surface area contributed by atoms with Crippen molar-refractivity contribution in [2.24, 2.45) is 0 Å². The van der Waals surface area contributed by atoms with Gasteiger partial charge < -0.3 is 10.4 Å². The molecule has 0 atom stereocenters. The first-order valence-electron chi connectivity index (χ1n) is 5.83. The van der Waals surface area contributed by atoms with Gasteiger partial charge in [-0.3, -0.25) is 9.82 Å². The fraction of sp³-hybridized carbons (Fsp3) is 0.154. The van der Waals surface area contributed by atoms with E-state index < -0.39 is 18.6 Å². The van der Waals surface area contributed by atoms with Gasteiger partial charge in [-0.2, -0.15) is 0 Å². The Morgan fingerprint density at radius 1 is 1.30 bits per heavy atom. The van der Waals surface area contributed by atoms with Crippen LogP contribution in [0, 0.1) is 6.92 Å². The minimum atomic E-state index is -1.17. The Kier molecular flexibility index (Phi) is 4.11. The number of pyridine rings is 1. The second kappa shape index (κ2) is 5.98. The van der Waals surface area contributed by atoms with Gasteiger partial charge in [-0.15, -0.1) is 0 Å². The highest BCUT2D eigenvalue weighted by Gasteiger charge is 2.07. The van der Waals surface area contributed by atoms with E-state index in [4.69, 9.17) is 5.11 Å². The van der Waals surface area contributed by atoms with Crippen molar-refractivity contribution in [1.29, 1.82) is 0 Å². The number of para-hydroxylation sites is 1. The van der Waals surface area contributed by atoms with Gasteiger partial charge in [0, 0.05) is 11.1 Å². The first-order chi connectivity index (χ1) is 9.56.